The van der Waals surface area contributed by atoms with Crippen molar-refractivity contribution in [3.8, 4) is 0 Å². The van der Waals surface area contributed by atoms with E-state index in [0.29, 0.717) is 38.9 Å². The molecular formula is C52H106N6O3. The number of nitrogens with one attached hydrogen (secondary N) is 3. The number of rotatable bonds is 50. The van der Waals surface area contributed by atoms with E-state index in [4.69, 9.17) is 5.73 Å². The second-order valence-corrected chi connectivity index (χ2v) is 18.4. The number of carbonyl (C=O) groups excluding carboxylic acids is 3. The van der Waals surface area contributed by atoms with Crippen molar-refractivity contribution in [2.45, 2.75) is 252 Å². The highest BCUT2D eigenvalue weighted by Crippen LogP contribution is 2.13. The van der Waals surface area contributed by atoms with Crippen molar-refractivity contribution in [3.05, 3.63) is 0 Å². The number of hydrogen-bond donors (Lipinski definition) is 4. The van der Waals surface area contributed by atoms with Crippen LogP contribution in [0, 0.1) is 0 Å². The van der Waals surface area contributed by atoms with Gasteiger partial charge in [0.15, 0.2) is 0 Å². The van der Waals surface area contributed by atoms with E-state index >= 15 is 0 Å². The molecule has 0 aromatic rings. The van der Waals surface area contributed by atoms with Crippen molar-refractivity contribution in [2.24, 2.45) is 5.73 Å². The van der Waals surface area contributed by atoms with Crippen molar-refractivity contribution >= 4 is 17.7 Å². The van der Waals surface area contributed by atoms with Gasteiger partial charge in [-0.1, -0.05) is 201 Å². The van der Waals surface area contributed by atoms with E-state index in [1.807, 2.05) is 0 Å². The number of nitrogens with two attached hydrogens (primary N) is 1. The minimum atomic E-state index is 0.101. The number of hydrogen-bond acceptors (Lipinski definition) is 6. The van der Waals surface area contributed by atoms with E-state index < -0.39 is 0 Å². The van der Waals surface area contributed by atoms with Gasteiger partial charge in [0.05, 0.1) is 0 Å². The Morgan fingerprint density at radius 3 is 0.836 bits per heavy atom. The molecule has 0 aliphatic rings. The van der Waals surface area contributed by atoms with Gasteiger partial charge in [-0.05, 0) is 45.2 Å². The van der Waals surface area contributed by atoms with Gasteiger partial charge in [-0.25, -0.2) is 0 Å². The second kappa shape index (κ2) is 49.3. The fraction of sp³-hybridized carbons (Fsp3) is 0.942. The molecule has 0 fully saturated rings. The highest BCUT2D eigenvalue weighted by molar-refractivity contribution is 5.77. The summed E-state index contributed by atoms with van der Waals surface area (Å²) in [7, 11) is 0. The molecule has 362 valence electrons. The van der Waals surface area contributed by atoms with Crippen LogP contribution in [0.2, 0.25) is 0 Å². The molecular weight excluding hydrogens is 757 g/mol. The third kappa shape index (κ3) is 46.1. The van der Waals surface area contributed by atoms with Gasteiger partial charge in [0.2, 0.25) is 17.7 Å². The maximum Gasteiger partial charge on any atom is 0.221 e. The standard InChI is InChI=1S/C52H106N6O3/c1-4-7-10-13-16-19-22-25-28-33-41-54-50(59)37-45-57(44-36-31-32-40-53)48-49-58(46-38-51(60)55-42-34-29-26-23-20-17-14-11-8-5-2)47-39-52(61)56-43-35-30-27-24-21-18-15-12-9-6-3/h4-49,53H2,1-3H3,(H,54,59)(H,55,60)(H,56,61). The molecule has 5 N–H and O–H groups in total. The molecule has 0 rings (SSSR count). The van der Waals surface area contributed by atoms with E-state index in [2.05, 4.69) is 46.5 Å². The van der Waals surface area contributed by atoms with Crippen molar-refractivity contribution in [1.29, 1.82) is 0 Å². The minimum absolute atomic E-state index is 0.101. The van der Waals surface area contributed by atoms with Gasteiger partial charge in [0.25, 0.3) is 0 Å². The number of amides is 3. The molecule has 0 atom stereocenters. The smallest absolute Gasteiger partial charge is 0.221 e. The maximum atomic E-state index is 12.9. The molecule has 0 saturated carbocycles. The molecule has 0 heterocycles. The Morgan fingerprint density at radius 1 is 0.311 bits per heavy atom. The Morgan fingerprint density at radius 2 is 0.557 bits per heavy atom. The fourth-order valence-electron chi connectivity index (χ4n) is 8.18. The van der Waals surface area contributed by atoms with E-state index in [9.17, 15) is 14.4 Å². The van der Waals surface area contributed by atoms with Gasteiger partial charge in [-0.3, -0.25) is 14.4 Å². The van der Waals surface area contributed by atoms with Gasteiger partial charge in [0.1, 0.15) is 0 Å². The third-order valence-corrected chi connectivity index (χ3v) is 12.4. The summed E-state index contributed by atoms with van der Waals surface area (Å²) in [5, 5.41) is 9.49. The topological polar surface area (TPSA) is 120 Å². The molecule has 0 bridgehead atoms. The first-order valence-corrected chi connectivity index (χ1v) is 26.9. The molecule has 0 aliphatic heterocycles. The summed E-state index contributed by atoms with van der Waals surface area (Å²) in [6, 6.07) is 0. The van der Waals surface area contributed by atoms with E-state index in [1.165, 1.54) is 173 Å². The Hall–Kier alpha value is -1.71. The predicted molar refractivity (Wildman–Crippen MR) is 264 cm³/mol. The summed E-state index contributed by atoms with van der Waals surface area (Å²) in [6.45, 7) is 14.3. The molecule has 3 amide bonds. The van der Waals surface area contributed by atoms with Crippen LogP contribution in [0.3, 0.4) is 0 Å². The number of carbonyl (C=O) groups is 3. The predicted octanol–water partition coefficient (Wildman–Crippen LogP) is 12.0. The lowest BCUT2D eigenvalue weighted by Crippen LogP contribution is -2.40. The molecule has 9 nitrogen and oxygen atoms in total. The first-order valence-electron chi connectivity index (χ1n) is 26.9. The van der Waals surface area contributed by atoms with Gasteiger partial charge in [-0.2, -0.15) is 0 Å². The minimum Gasteiger partial charge on any atom is -0.356 e. The van der Waals surface area contributed by atoms with E-state index in [1.54, 1.807) is 0 Å². The summed E-state index contributed by atoms with van der Waals surface area (Å²) in [4.78, 5) is 43.4. The molecule has 61 heavy (non-hydrogen) atoms. The summed E-state index contributed by atoms with van der Waals surface area (Å²) in [5.74, 6) is 0.339. The zero-order valence-corrected chi connectivity index (χ0v) is 41.2. The quantitative estimate of drug-likeness (QED) is 0.0452. The van der Waals surface area contributed by atoms with Crippen LogP contribution >= 0.6 is 0 Å². The van der Waals surface area contributed by atoms with Crippen LogP contribution in [0.5, 0.6) is 0 Å². The average Bonchev–Trinajstić information content (AvgIpc) is 3.26. The Kier molecular flexibility index (Phi) is 47.9. The van der Waals surface area contributed by atoms with Crippen LogP contribution < -0.4 is 21.7 Å². The molecule has 0 aromatic heterocycles. The monoisotopic (exact) mass is 863 g/mol. The number of unbranched alkanes of at least 4 members (excludes halogenated alkanes) is 29. The van der Waals surface area contributed by atoms with Crippen LogP contribution in [0.25, 0.3) is 0 Å². The third-order valence-electron chi connectivity index (χ3n) is 12.4. The molecule has 0 radical (unpaired) electrons. The largest absolute Gasteiger partial charge is 0.356 e. The van der Waals surface area contributed by atoms with Crippen LogP contribution in [0.15, 0.2) is 0 Å². The first-order chi connectivity index (χ1) is 30.0. The van der Waals surface area contributed by atoms with Crippen molar-refractivity contribution in [2.75, 3.05) is 65.4 Å². The zero-order valence-electron chi connectivity index (χ0n) is 41.2. The van der Waals surface area contributed by atoms with Gasteiger partial charge >= 0.3 is 0 Å². The first kappa shape index (κ1) is 59.3. The number of nitrogens with zero attached hydrogens (tertiary/aromatic N) is 2. The SMILES string of the molecule is CCCCCCCCCCCCNC(=O)CCN(CCCCCN)CCN(CCC(=O)NCCCCCCCCCCCC)CCC(=O)NCCCCCCCCCCCC. The lowest BCUT2D eigenvalue weighted by atomic mass is 10.1. The van der Waals surface area contributed by atoms with Crippen LogP contribution in [-0.2, 0) is 14.4 Å². The normalized spacial score (nSPS) is 11.5. The molecule has 0 saturated heterocycles. The Bertz CT molecular complexity index is 895. The highest BCUT2D eigenvalue weighted by atomic mass is 16.2. The van der Waals surface area contributed by atoms with Crippen LogP contribution in [-0.4, -0.2) is 93.0 Å². The average molecular weight is 863 g/mol. The van der Waals surface area contributed by atoms with Crippen LogP contribution in [0.4, 0.5) is 0 Å². The molecule has 0 aliphatic carbocycles. The van der Waals surface area contributed by atoms with Crippen LogP contribution in [0.1, 0.15) is 252 Å². The lowest BCUT2D eigenvalue weighted by Gasteiger charge is -2.27. The molecule has 0 unspecified atom stereocenters. The molecule has 9 heteroatoms. The maximum absolute atomic E-state index is 12.9. The van der Waals surface area contributed by atoms with Crippen molar-refractivity contribution < 1.29 is 14.4 Å². The van der Waals surface area contributed by atoms with Gasteiger partial charge in [0, 0.05) is 71.6 Å². The van der Waals surface area contributed by atoms with Crippen molar-refractivity contribution in [3.63, 3.8) is 0 Å². The zero-order chi connectivity index (χ0) is 44.5. The molecule has 0 aromatic carbocycles. The summed E-state index contributed by atoms with van der Waals surface area (Å²) >= 11 is 0. The summed E-state index contributed by atoms with van der Waals surface area (Å²) in [6.07, 6.45) is 43.2. The van der Waals surface area contributed by atoms with E-state index in [0.717, 1.165) is 84.3 Å². The Labute approximate surface area is 379 Å². The van der Waals surface area contributed by atoms with Gasteiger partial charge < -0.3 is 31.5 Å². The summed E-state index contributed by atoms with van der Waals surface area (Å²) < 4.78 is 0. The molecule has 0 spiro atoms. The second-order valence-electron chi connectivity index (χ2n) is 18.4. The van der Waals surface area contributed by atoms with Gasteiger partial charge in [-0.15, -0.1) is 0 Å². The van der Waals surface area contributed by atoms with E-state index in [-0.39, 0.29) is 17.7 Å². The van der Waals surface area contributed by atoms with Crippen molar-refractivity contribution in [1.82, 2.24) is 25.8 Å². The summed E-state index contributed by atoms with van der Waals surface area (Å²) in [5.41, 5.74) is 5.79. The fourth-order valence-corrected chi connectivity index (χ4v) is 8.18. The highest BCUT2D eigenvalue weighted by Gasteiger charge is 2.15. The Balaban J connectivity index is 4.84. The lowest BCUT2D eigenvalue weighted by molar-refractivity contribution is -0.122.